The second kappa shape index (κ2) is 7.97. The first-order chi connectivity index (χ1) is 11.7. The van der Waals surface area contributed by atoms with Crippen LogP contribution in [0.4, 0.5) is 26.3 Å². The molecule has 1 aliphatic carbocycles. The molecule has 0 saturated carbocycles. The molecular weight excluding hydrogens is 346 g/mol. The van der Waals surface area contributed by atoms with Gasteiger partial charge in [-0.1, -0.05) is 25.8 Å². The van der Waals surface area contributed by atoms with E-state index in [1.807, 2.05) is 6.08 Å². The topological polar surface area (TPSA) is 9.23 Å². The van der Waals surface area contributed by atoms with Gasteiger partial charge >= 0.3 is 6.11 Å². The van der Waals surface area contributed by atoms with Crippen molar-refractivity contribution in [2.24, 2.45) is 5.92 Å². The lowest BCUT2D eigenvalue weighted by molar-refractivity contribution is -0.137. The van der Waals surface area contributed by atoms with Gasteiger partial charge in [0, 0.05) is 0 Å². The van der Waals surface area contributed by atoms with Crippen LogP contribution in [-0.2, 0) is 0 Å². The molecule has 0 spiro atoms. The molecule has 0 saturated heterocycles. The van der Waals surface area contributed by atoms with Gasteiger partial charge in [0.15, 0.2) is 17.4 Å². The molecule has 1 aromatic carbocycles. The van der Waals surface area contributed by atoms with Crippen molar-refractivity contribution in [3.05, 3.63) is 47.6 Å². The maximum absolute atomic E-state index is 14.0. The second-order valence-electron chi connectivity index (χ2n) is 6.03. The summed E-state index contributed by atoms with van der Waals surface area (Å²) in [5.74, 6) is -3.57. The van der Waals surface area contributed by atoms with Crippen molar-refractivity contribution in [3.63, 3.8) is 0 Å². The second-order valence-corrected chi connectivity index (χ2v) is 6.03. The first kappa shape index (κ1) is 19.4. The Bertz CT molecular complexity index is 653. The highest BCUT2D eigenvalue weighted by molar-refractivity contribution is 5.67. The maximum atomic E-state index is 14.0. The van der Waals surface area contributed by atoms with Gasteiger partial charge in [-0.25, -0.2) is 8.78 Å². The Labute approximate surface area is 142 Å². The maximum Gasteiger partial charge on any atom is 0.425 e. The standard InChI is InChI=1S/C18H18F6O/c1-2-3-11-4-6-12(7-5-11)13-8-14(19)17(15(20)9-13)25-18(23,24)10-16(21)22/h6,8-11H,2-5,7H2,1H3. The third kappa shape index (κ3) is 5.28. The summed E-state index contributed by atoms with van der Waals surface area (Å²) in [6, 6.07) is 1.77. The van der Waals surface area contributed by atoms with Crippen molar-refractivity contribution in [3.8, 4) is 5.75 Å². The molecule has 1 aromatic rings. The van der Waals surface area contributed by atoms with Gasteiger partial charge in [0.2, 0.25) is 0 Å². The van der Waals surface area contributed by atoms with Crippen LogP contribution in [0, 0.1) is 17.6 Å². The summed E-state index contributed by atoms with van der Waals surface area (Å²) in [4.78, 5) is 0. The van der Waals surface area contributed by atoms with Gasteiger partial charge < -0.3 is 4.74 Å². The monoisotopic (exact) mass is 364 g/mol. The van der Waals surface area contributed by atoms with Crippen molar-refractivity contribution in [2.75, 3.05) is 0 Å². The molecule has 138 valence electrons. The predicted octanol–water partition coefficient (Wildman–Crippen LogP) is 6.70. The molecule has 0 amide bonds. The molecule has 0 heterocycles. The minimum absolute atomic E-state index is 0.243. The summed E-state index contributed by atoms with van der Waals surface area (Å²) in [5.41, 5.74) is 0.978. The number of ether oxygens (including phenoxy) is 1. The van der Waals surface area contributed by atoms with Crippen LogP contribution in [0.5, 0.6) is 5.75 Å². The van der Waals surface area contributed by atoms with E-state index in [-0.39, 0.29) is 5.56 Å². The zero-order valence-electron chi connectivity index (χ0n) is 13.6. The van der Waals surface area contributed by atoms with E-state index in [1.165, 1.54) is 0 Å². The molecule has 0 fully saturated rings. The van der Waals surface area contributed by atoms with Crippen LogP contribution in [0.1, 0.15) is 44.6 Å². The van der Waals surface area contributed by atoms with E-state index in [2.05, 4.69) is 11.7 Å². The molecule has 0 aliphatic heterocycles. The zero-order chi connectivity index (χ0) is 18.6. The molecule has 0 bridgehead atoms. The van der Waals surface area contributed by atoms with E-state index in [0.29, 0.717) is 12.3 Å². The van der Waals surface area contributed by atoms with E-state index in [1.54, 1.807) is 0 Å². The van der Waals surface area contributed by atoms with Crippen molar-refractivity contribution >= 4 is 5.57 Å². The fraction of sp³-hybridized carbons (Fsp3) is 0.444. The lowest BCUT2D eigenvalue weighted by Gasteiger charge is -2.22. The number of hydrogen-bond donors (Lipinski definition) is 0. The van der Waals surface area contributed by atoms with Gasteiger partial charge in [-0.2, -0.15) is 17.6 Å². The average Bonchev–Trinajstić information content (AvgIpc) is 2.50. The highest BCUT2D eigenvalue weighted by Crippen LogP contribution is 2.36. The van der Waals surface area contributed by atoms with Crippen molar-refractivity contribution in [2.45, 2.75) is 45.1 Å². The summed E-state index contributed by atoms with van der Waals surface area (Å²) in [7, 11) is 0. The fourth-order valence-electron chi connectivity index (χ4n) is 2.96. The lowest BCUT2D eigenvalue weighted by atomic mass is 9.84. The SMILES string of the molecule is CCCC1CC=C(c2cc(F)c(OC(F)(F)C=C(F)F)c(F)c2)CC1. The number of benzene rings is 1. The van der Waals surface area contributed by atoms with Gasteiger partial charge in [-0.05, 0) is 48.4 Å². The molecular formula is C18H18F6O. The van der Waals surface area contributed by atoms with Gasteiger partial charge in [-0.15, -0.1) is 0 Å². The Balaban J connectivity index is 2.22. The first-order valence-electron chi connectivity index (χ1n) is 8.01. The molecule has 0 aromatic heterocycles. The molecule has 1 atom stereocenters. The van der Waals surface area contributed by atoms with Crippen LogP contribution in [-0.4, -0.2) is 6.11 Å². The fourth-order valence-corrected chi connectivity index (χ4v) is 2.96. The van der Waals surface area contributed by atoms with Gasteiger partial charge in [-0.3, -0.25) is 0 Å². The number of halogens is 6. The minimum Gasteiger partial charge on any atom is -0.423 e. The van der Waals surface area contributed by atoms with E-state index in [4.69, 9.17) is 0 Å². The van der Waals surface area contributed by atoms with Gasteiger partial charge in [0.1, 0.15) is 0 Å². The summed E-state index contributed by atoms with van der Waals surface area (Å²) in [6.07, 6.45) is -1.68. The average molecular weight is 364 g/mol. The van der Waals surface area contributed by atoms with Crippen LogP contribution in [0.3, 0.4) is 0 Å². The molecule has 2 rings (SSSR count). The lowest BCUT2D eigenvalue weighted by Crippen LogP contribution is -2.23. The Kier molecular flexibility index (Phi) is 6.19. The molecule has 1 aliphatic rings. The number of allylic oxidation sites excluding steroid dienone is 2. The zero-order valence-corrected chi connectivity index (χ0v) is 13.6. The molecule has 0 N–H and O–H groups in total. The quantitative estimate of drug-likeness (QED) is 0.510. The Morgan fingerprint density at radius 3 is 2.36 bits per heavy atom. The molecule has 1 unspecified atom stereocenters. The van der Waals surface area contributed by atoms with Crippen LogP contribution in [0.2, 0.25) is 0 Å². The van der Waals surface area contributed by atoms with Crippen LogP contribution in [0.25, 0.3) is 5.57 Å². The Morgan fingerprint density at radius 2 is 1.88 bits per heavy atom. The predicted molar refractivity (Wildman–Crippen MR) is 82.5 cm³/mol. The summed E-state index contributed by atoms with van der Waals surface area (Å²) in [5, 5.41) is 0. The first-order valence-corrected chi connectivity index (χ1v) is 8.01. The van der Waals surface area contributed by atoms with Gasteiger partial charge in [0.25, 0.3) is 6.08 Å². The Morgan fingerprint density at radius 1 is 1.24 bits per heavy atom. The molecule has 7 heteroatoms. The number of hydrogen-bond acceptors (Lipinski definition) is 1. The van der Waals surface area contributed by atoms with Crippen LogP contribution < -0.4 is 4.74 Å². The third-order valence-electron chi connectivity index (χ3n) is 4.10. The summed E-state index contributed by atoms with van der Waals surface area (Å²) in [6.45, 7) is 2.09. The molecule has 1 nitrogen and oxygen atoms in total. The summed E-state index contributed by atoms with van der Waals surface area (Å²) >= 11 is 0. The molecule has 0 radical (unpaired) electrons. The van der Waals surface area contributed by atoms with Crippen molar-refractivity contribution in [1.29, 1.82) is 0 Å². The largest absolute Gasteiger partial charge is 0.425 e. The van der Waals surface area contributed by atoms with Crippen molar-refractivity contribution < 1.29 is 31.1 Å². The Hall–Kier alpha value is -1.92. The van der Waals surface area contributed by atoms with Crippen LogP contribution >= 0.6 is 0 Å². The highest BCUT2D eigenvalue weighted by atomic mass is 19.3. The van der Waals surface area contributed by atoms with Gasteiger partial charge in [0.05, 0.1) is 6.08 Å². The third-order valence-corrected chi connectivity index (χ3v) is 4.10. The smallest absolute Gasteiger partial charge is 0.423 e. The van der Waals surface area contributed by atoms with E-state index in [0.717, 1.165) is 43.4 Å². The molecule has 25 heavy (non-hydrogen) atoms. The van der Waals surface area contributed by atoms with E-state index >= 15 is 0 Å². The number of rotatable bonds is 6. The van der Waals surface area contributed by atoms with Crippen molar-refractivity contribution in [1.82, 2.24) is 0 Å². The van der Waals surface area contributed by atoms with Crippen LogP contribution in [0.15, 0.2) is 30.4 Å². The minimum atomic E-state index is -4.51. The van der Waals surface area contributed by atoms with E-state index < -0.39 is 35.6 Å². The normalized spacial score (nSPS) is 17.9. The number of alkyl halides is 2. The van der Waals surface area contributed by atoms with E-state index in [9.17, 15) is 26.3 Å². The summed E-state index contributed by atoms with van der Waals surface area (Å²) < 4.78 is 82.0. The highest BCUT2D eigenvalue weighted by Gasteiger charge is 2.33.